The largest absolute Gasteiger partial charge is 0.487 e. The number of fused-ring (bicyclic) bond motifs is 1. The molecule has 0 aromatic heterocycles. The summed E-state index contributed by atoms with van der Waals surface area (Å²) in [6.07, 6.45) is 34.9. The molecule has 52 heavy (non-hydrogen) atoms. The third-order valence-electron chi connectivity index (χ3n) is 11.8. The van der Waals surface area contributed by atoms with E-state index < -0.39 is 0 Å². The van der Waals surface area contributed by atoms with Gasteiger partial charge in [-0.25, -0.2) is 0 Å². The maximum Gasteiger partial charge on any atom is 0.305 e. The van der Waals surface area contributed by atoms with Crippen LogP contribution in [0.1, 0.15) is 199 Å². The molecular weight excluding hydrogens is 641 g/mol. The quantitative estimate of drug-likeness (QED) is 0.0491. The molecule has 0 N–H and O–H groups in total. The van der Waals surface area contributed by atoms with Crippen molar-refractivity contribution >= 4 is 5.97 Å². The minimum Gasteiger partial charge on any atom is -0.487 e. The van der Waals surface area contributed by atoms with Gasteiger partial charge in [0.05, 0.1) is 7.11 Å². The predicted octanol–water partition coefficient (Wildman–Crippen LogP) is 14.5. The van der Waals surface area contributed by atoms with E-state index in [9.17, 15) is 4.79 Å². The summed E-state index contributed by atoms with van der Waals surface area (Å²) in [7, 11) is 1.46. The highest BCUT2D eigenvalue weighted by atomic mass is 16.5. The predicted molar refractivity (Wildman–Crippen MR) is 224 cm³/mol. The highest BCUT2D eigenvalue weighted by Crippen LogP contribution is 2.45. The second kappa shape index (κ2) is 25.7. The molecule has 0 saturated heterocycles. The van der Waals surface area contributed by atoms with Gasteiger partial charge >= 0.3 is 5.97 Å². The average molecular weight is 723 g/mol. The molecule has 0 fully saturated rings. The van der Waals surface area contributed by atoms with E-state index in [2.05, 4.69) is 86.6 Å². The maximum absolute atomic E-state index is 11.2. The second-order valence-electron chi connectivity index (χ2n) is 17.3. The fourth-order valence-corrected chi connectivity index (χ4v) is 7.90. The number of unbranched alkanes of at least 4 members (excludes halogenated alkanes) is 7. The highest BCUT2D eigenvalue weighted by molar-refractivity contribution is 5.69. The summed E-state index contributed by atoms with van der Waals surface area (Å²) >= 11 is 0. The first-order valence-electron chi connectivity index (χ1n) is 21.8. The van der Waals surface area contributed by atoms with Gasteiger partial charge in [0.15, 0.2) is 0 Å². The smallest absolute Gasteiger partial charge is 0.305 e. The molecule has 0 spiro atoms. The van der Waals surface area contributed by atoms with Crippen LogP contribution in [0.4, 0.5) is 0 Å². The fraction of sp³-hybridized carbons (Fsp3) is 0.771. The summed E-state index contributed by atoms with van der Waals surface area (Å²) in [4.78, 5) is 11.2. The normalized spacial score (nSPS) is 17.8. The molecule has 0 unspecified atom stereocenters. The summed E-state index contributed by atoms with van der Waals surface area (Å²) in [6.45, 7) is 20.9. The average Bonchev–Trinajstić information content (AvgIpc) is 3.10. The van der Waals surface area contributed by atoms with Crippen LogP contribution < -0.4 is 9.47 Å². The van der Waals surface area contributed by atoms with Crippen molar-refractivity contribution in [2.24, 2.45) is 17.8 Å². The van der Waals surface area contributed by atoms with Gasteiger partial charge in [-0.15, -0.1) is 0 Å². The van der Waals surface area contributed by atoms with Crippen LogP contribution in [0.25, 0.3) is 0 Å². The zero-order valence-electron chi connectivity index (χ0n) is 35.8. The summed E-state index contributed by atoms with van der Waals surface area (Å²) < 4.78 is 18.6. The van der Waals surface area contributed by atoms with Crippen molar-refractivity contribution in [2.75, 3.05) is 7.11 Å². The van der Waals surface area contributed by atoms with Gasteiger partial charge in [-0.05, 0) is 126 Å². The Labute approximate surface area is 322 Å². The van der Waals surface area contributed by atoms with Crippen molar-refractivity contribution in [1.29, 1.82) is 0 Å². The number of allylic oxidation sites excluding steroid dienone is 3. The molecule has 1 aromatic carbocycles. The molecule has 4 heteroatoms. The number of esters is 1. The zero-order chi connectivity index (χ0) is 38.4. The Kier molecular flexibility index (Phi) is 22.7. The molecule has 2 rings (SSSR count). The molecule has 1 aliphatic rings. The first-order chi connectivity index (χ1) is 24.9. The van der Waals surface area contributed by atoms with Gasteiger partial charge in [0.2, 0.25) is 0 Å². The van der Waals surface area contributed by atoms with Crippen LogP contribution in [-0.2, 0) is 16.0 Å². The van der Waals surface area contributed by atoms with Crippen LogP contribution in [0.3, 0.4) is 0 Å². The van der Waals surface area contributed by atoms with Crippen molar-refractivity contribution < 1.29 is 19.0 Å². The zero-order valence-corrected chi connectivity index (χ0v) is 35.8. The van der Waals surface area contributed by atoms with E-state index in [1.165, 1.54) is 119 Å². The third kappa shape index (κ3) is 17.7. The monoisotopic (exact) mass is 723 g/mol. The molecule has 0 radical (unpaired) electrons. The number of methoxy groups -OCH3 is 1. The molecule has 1 aromatic rings. The lowest BCUT2D eigenvalue weighted by molar-refractivity contribution is -0.140. The molecule has 4 atom stereocenters. The molecule has 0 aliphatic carbocycles. The van der Waals surface area contributed by atoms with Crippen molar-refractivity contribution in [3.63, 3.8) is 0 Å². The number of hydrogen-bond acceptors (Lipinski definition) is 4. The Bertz CT molecular complexity index is 1200. The number of benzene rings is 1. The lowest BCUT2D eigenvalue weighted by Crippen LogP contribution is -2.37. The highest BCUT2D eigenvalue weighted by Gasteiger charge is 2.34. The SMILES string of the molecule is CCCCC[C@@H](/C=C/C=C/CCCCCCCC(=O)OC)Oc1c(C)c(C)c2c(c1C)CC[C@@](C)(CCC[C@H](C)CCC[C@H](C)CCCC(C)C)O2. The first-order valence-corrected chi connectivity index (χ1v) is 21.8. The third-order valence-corrected chi connectivity index (χ3v) is 11.8. The minimum absolute atomic E-state index is 0.0608. The molecule has 0 saturated carbocycles. The molecule has 1 aliphatic heterocycles. The van der Waals surface area contributed by atoms with E-state index >= 15 is 0 Å². The van der Waals surface area contributed by atoms with Gasteiger partial charge in [0.25, 0.3) is 0 Å². The van der Waals surface area contributed by atoms with E-state index in [1.807, 2.05) is 0 Å². The fourth-order valence-electron chi connectivity index (χ4n) is 7.90. The maximum atomic E-state index is 11.2. The van der Waals surface area contributed by atoms with Crippen LogP contribution >= 0.6 is 0 Å². The lowest BCUT2D eigenvalue weighted by Gasteiger charge is -2.38. The van der Waals surface area contributed by atoms with Crippen LogP contribution in [0, 0.1) is 38.5 Å². The Morgan fingerprint density at radius 1 is 0.769 bits per heavy atom. The molecule has 0 amide bonds. The summed E-state index contributed by atoms with van der Waals surface area (Å²) in [5, 5.41) is 0. The molecule has 0 bridgehead atoms. The summed E-state index contributed by atoms with van der Waals surface area (Å²) in [6, 6.07) is 0. The topological polar surface area (TPSA) is 44.8 Å². The number of ether oxygens (including phenoxy) is 3. The lowest BCUT2D eigenvalue weighted by atomic mass is 9.83. The van der Waals surface area contributed by atoms with E-state index in [0.717, 1.165) is 74.2 Å². The van der Waals surface area contributed by atoms with Gasteiger partial charge < -0.3 is 14.2 Å². The van der Waals surface area contributed by atoms with E-state index in [-0.39, 0.29) is 17.7 Å². The van der Waals surface area contributed by atoms with Gasteiger partial charge in [-0.3, -0.25) is 4.79 Å². The van der Waals surface area contributed by atoms with E-state index in [0.29, 0.717) is 6.42 Å². The summed E-state index contributed by atoms with van der Waals surface area (Å²) in [5.41, 5.74) is 5.00. The van der Waals surface area contributed by atoms with E-state index in [1.54, 1.807) is 0 Å². The van der Waals surface area contributed by atoms with Gasteiger partial charge in [-0.1, -0.05) is 130 Å². The Morgan fingerprint density at radius 3 is 2.10 bits per heavy atom. The van der Waals surface area contributed by atoms with Gasteiger partial charge in [0.1, 0.15) is 23.2 Å². The van der Waals surface area contributed by atoms with Crippen molar-refractivity contribution in [3.8, 4) is 11.5 Å². The van der Waals surface area contributed by atoms with Crippen LogP contribution in [0.5, 0.6) is 11.5 Å². The van der Waals surface area contributed by atoms with Crippen molar-refractivity contribution in [1.82, 2.24) is 0 Å². The first kappa shape index (κ1) is 45.9. The van der Waals surface area contributed by atoms with Crippen LogP contribution in [-0.4, -0.2) is 24.8 Å². The number of carbonyl (C=O) groups excluding carboxylic acids is 1. The van der Waals surface area contributed by atoms with Crippen molar-refractivity contribution in [3.05, 3.63) is 46.6 Å². The van der Waals surface area contributed by atoms with E-state index in [4.69, 9.17) is 14.2 Å². The molecule has 1 heterocycles. The molecule has 4 nitrogen and oxygen atoms in total. The number of carbonyl (C=O) groups is 1. The van der Waals surface area contributed by atoms with Crippen LogP contribution in [0.15, 0.2) is 24.3 Å². The van der Waals surface area contributed by atoms with Gasteiger partial charge in [0, 0.05) is 12.0 Å². The summed E-state index contributed by atoms with van der Waals surface area (Å²) in [5.74, 6) is 4.60. The molecular formula is C48H82O4. The second-order valence-corrected chi connectivity index (χ2v) is 17.3. The number of rotatable bonds is 28. The Hall–Kier alpha value is -2.23. The van der Waals surface area contributed by atoms with Crippen LogP contribution in [0.2, 0.25) is 0 Å². The standard InChI is InChI=1S/C48H82O4/c1-11-12-20-31-43(32-21-18-16-14-13-15-17-19-22-33-45(49)50-10)51-46-40(6)41(7)47-44(42(46)8)34-36-48(9,52-47)35-25-30-39(5)29-24-28-38(4)27-23-26-37(2)3/h16,18,21,32,37-39,43H,11-15,17,19-20,22-31,33-36H2,1-10H3/b18-16+,32-21+/t38-,39-,43+,48-/m1/s1. The Morgan fingerprint density at radius 2 is 1.42 bits per heavy atom. The van der Waals surface area contributed by atoms with Crippen molar-refractivity contribution in [2.45, 2.75) is 215 Å². The molecule has 298 valence electrons. The minimum atomic E-state index is -0.0973. The Balaban J connectivity index is 1.91. The van der Waals surface area contributed by atoms with Gasteiger partial charge in [-0.2, -0.15) is 0 Å². The number of hydrogen-bond donors (Lipinski definition) is 0.